The van der Waals surface area contributed by atoms with Crippen LogP contribution in [0, 0.1) is 11.3 Å². The molecule has 0 saturated carbocycles. The largest absolute Gasteiger partial charge is 0.508 e. The van der Waals surface area contributed by atoms with Crippen molar-refractivity contribution >= 4 is 11.7 Å². The van der Waals surface area contributed by atoms with E-state index in [1.807, 2.05) is 13.8 Å². The molecule has 0 aliphatic carbocycles. The Balaban J connectivity index is 2.80. The van der Waals surface area contributed by atoms with E-state index in [0.29, 0.717) is 17.0 Å². The molecule has 22 heavy (non-hydrogen) atoms. The van der Waals surface area contributed by atoms with Gasteiger partial charge in [0.2, 0.25) is 0 Å². The van der Waals surface area contributed by atoms with Crippen LogP contribution in [0.5, 0.6) is 0 Å². The van der Waals surface area contributed by atoms with Crippen molar-refractivity contribution in [2.75, 3.05) is 0 Å². The average molecular weight is 304 g/mol. The van der Waals surface area contributed by atoms with Crippen LogP contribution in [0.4, 0.5) is 0 Å². The Hall–Kier alpha value is -1.77. The molecule has 0 aliphatic heterocycles. The molecule has 0 fully saturated rings. The van der Waals surface area contributed by atoms with Crippen LogP contribution in [0.25, 0.3) is 5.76 Å². The van der Waals surface area contributed by atoms with Gasteiger partial charge in [-0.1, -0.05) is 46.4 Å². The van der Waals surface area contributed by atoms with Crippen LogP contribution in [-0.2, 0) is 4.74 Å². The number of esters is 1. The minimum absolute atomic E-state index is 0.0149. The Morgan fingerprint density at radius 2 is 1.59 bits per heavy atom. The number of aliphatic hydroxyl groups is 1. The number of aliphatic hydroxyl groups excluding tert-OH is 1. The molecule has 0 spiro atoms. The molecule has 0 heterocycles. The first-order valence-electron chi connectivity index (χ1n) is 7.66. The molecule has 0 aromatic heterocycles. The van der Waals surface area contributed by atoms with Gasteiger partial charge in [-0.05, 0) is 43.7 Å². The number of carbonyl (C=O) groups is 1. The van der Waals surface area contributed by atoms with Crippen LogP contribution >= 0.6 is 0 Å². The first-order chi connectivity index (χ1) is 9.94. The Morgan fingerprint density at radius 3 is 2.00 bits per heavy atom. The maximum atomic E-state index is 12.3. The SMILES string of the molecule is C=C(O)c1ccc(C(=O)OC(C)(C)CC(C)(C)C(C)C)cc1. The van der Waals surface area contributed by atoms with Crippen LogP contribution in [0.2, 0.25) is 0 Å². The molecule has 0 atom stereocenters. The van der Waals surface area contributed by atoms with Crippen LogP contribution in [0.1, 0.15) is 63.9 Å². The zero-order valence-electron chi connectivity index (χ0n) is 14.6. The highest BCUT2D eigenvalue weighted by molar-refractivity contribution is 5.90. The summed E-state index contributed by atoms with van der Waals surface area (Å²) in [5.41, 5.74) is 0.615. The van der Waals surface area contributed by atoms with E-state index in [-0.39, 0.29) is 17.1 Å². The highest BCUT2D eigenvalue weighted by Gasteiger charge is 2.34. The van der Waals surface area contributed by atoms with Gasteiger partial charge in [-0.15, -0.1) is 0 Å². The van der Waals surface area contributed by atoms with E-state index in [4.69, 9.17) is 4.74 Å². The van der Waals surface area contributed by atoms with Gasteiger partial charge in [0.15, 0.2) is 0 Å². The monoisotopic (exact) mass is 304 g/mol. The average Bonchev–Trinajstić information content (AvgIpc) is 2.36. The Morgan fingerprint density at radius 1 is 1.14 bits per heavy atom. The number of benzene rings is 1. The van der Waals surface area contributed by atoms with Gasteiger partial charge >= 0.3 is 5.97 Å². The highest BCUT2D eigenvalue weighted by atomic mass is 16.6. The topological polar surface area (TPSA) is 46.5 Å². The van der Waals surface area contributed by atoms with Gasteiger partial charge < -0.3 is 9.84 Å². The van der Waals surface area contributed by atoms with Gasteiger partial charge in [-0.3, -0.25) is 0 Å². The van der Waals surface area contributed by atoms with Crippen molar-refractivity contribution in [3.63, 3.8) is 0 Å². The molecule has 3 nitrogen and oxygen atoms in total. The zero-order chi connectivity index (χ0) is 17.1. The fraction of sp³-hybridized carbons (Fsp3) is 0.526. The molecule has 0 bridgehead atoms. The highest BCUT2D eigenvalue weighted by Crippen LogP contribution is 2.36. The van der Waals surface area contributed by atoms with Gasteiger partial charge in [-0.25, -0.2) is 4.79 Å². The molecule has 0 aliphatic rings. The van der Waals surface area contributed by atoms with Crippen molar-refractivity contribution in [3.8, 4) is 0 Å². The van der Waals surface area contributed by atoms with E-state index in [1.54, 1.807) is 24.3 Å². The number of carbonyl (C=O) groups excluding carboxylic acids is 1. The minimum atomic E-state index is -0.538. The summed E-state index contributed by atoms with van der Waals surface area (Å²) in [6.45, 7) is 16.1. The van der Waals surface area contributed by atoms with E-state index in [9.17, 15) is 9.90 Å². The second-order valence-corrected chi connectivity index (χ2v) is 7.49. The van der Waals surface area contributed by atoms with Gasteiger partial charge in [0.1, 0.15) is 11.4 Å². The van der Waals surface area contributed by atoms with Gasteiger partial charge in [-0.2, -0.15) is 0 Å². The predicted molar refractivity (Wildman–Crippen MR) is 90.8 cm³/mol. The fourth-order valence-electron chi connectivity index (χ4n) is 2.45. The smallest absolute Gasteiger partial charge is 0.338 e. The summed E-state index contributed by atoms with van der Waals surface area (Å²) in [5.74, 6) is 0.138. The predicted octanol–water partition coefficient (Wildman–Crippen LogP) is 5.22. The van der Waals surface area contributed by atoms with E-state index in [2.05, 4.69) is 34.3 Å². The van der Waals surface area contributed by atoms with Crippen LogP contribution in [0.3, 0.4) is 0 Å². The molecule has 0 unspecified atom stereocenters. The maximum absolute atomic E-state index is 12.3. The fourth-order valence-corrected chi connectivity index (χ4v) is 2.45. The van der Waals surface area contributed by atoms with E-state index in [1.165, 1.54) is 0 Å². The van der Waals surface area contributed by atoms with E-state index >= 15 is 0 Å². The Kier molecular flexibility index (Phi) is 5.44. The van der Waals surface area contributed by atoms with Gasteiger partial charge in [0.25, 0.3) is 0 Å². The standard InChI is InChI=1S/C19H28O3/c1-13(2)18(4,5)12-19(6,7)22-17(21)16-10-8-15(9-11-16)14(3)20/h8-11,13,20H,3,12H2,1-2,4-7H3. The van der Waals surface area contributed by atoms with Crippen molar-refractivity contribution in [2.24, 2.45) is 11.3 Å². The second kappa shape index (κ2) is 6.55. The number of hydrogen-bond donors (Lipinski definition) is 1. The van der Waals surface area contributed by atoms with Crippen molar-refractivity contribution in [3.05, 3.63) is 42.0 Å². The lowest BCUT2D eigenvalue weighted by molar-refractivity contribution is -0.0264. The van der Waals surface area contributed by atoms with Crippen molar-refractivity contribution in [1.29, 1.82) is 0 Å². The molecular formula is C19H28O3. The van der Waals surface area contributed by atoms with Crippen molar-refractivity contribution in [1.82, 2.24) is 0 Å². The lowest BCUT2D eigenvalue weighted by Gasteiger charge is -2.37. The summed E-state index contributed by atoms with van der Waals surface area (Å²) in [5, 5.41) is 9.31. The molecule has 1 rings (SSSR count). The summed E-state index contributed by atoms with van der Waals surface area (Å²) in [6, 6.07) is 6.60. The summed E-state index contributed by atoms with van der Waals surface area (Å²) in [4.78, 5) is 12.3. The summed E-state index contributed by atoms with van der Waals surface area (Å²) < 4.78 is 5.69. The zero-order valence-corrected chi connectivity index (χ0v) is 14.6. The summed E-state index contributed by atoms with van der Waals surface area (Å²) in [6.07, 6.45) is 0.787. The Labute approximate surface area is 134 Å². The molecule has 1 aromatic rings. The third kappa shape index (κ3) is 4.90. The third-order valence-corrected chi connectivity index (χ3v) is 4.27. The molecule has 3 heteroatoms. The van der Waals surface area contributed by atoms with Crippen molar-refractivity contribution in [2.45, 2.75) is 53.6 Å². The molecule has 0 radical (unpaired) electrons. The van der Waals surface area contributed by atoms with Gasteiger partial charge in [0.05, 0.1) is 5.56 Å². The normalized spacial score (nSPS) is 12.3. The molecule has 122 valence electrons. The first-order valence-corrected chi connectivity index (χ1v) is 7.66. The van der Waals surface area contributed by atoms with E-state index < -0.39 is 5.60 Å². The second-order valence-electron chi connectivity index (χ2n) is 7.49. The first kappa shape index (κ1) is 18.3. The van der Waals surface area contributed by atoms with Crippen LogP contribution in [0.15, 0.2) is 30.8 Å². The molecule has 0 amide bonds. The minimum Gasteiger partial charge on any atom is -0.508 e. The maximum Gasteiger partial charge on any atom is 0.338 e. The third-order valence-electron chi connectivity index (χ3n) is 4.27. The Bertz CT molecular complexity index is 536. The summed E-state index contributed by atoms with van der Waals surface area (Å²) >= 11 is 0. The molecule has 1 aromatic carbocycles. The van der Waals surface area contributed by atoms with Crippen LogP contribution in [-0.4, -0.2) is 16.7 Å². The summed E-state index contributed by atoms with van der Waals surface area (Å²) in [7, 11) is 0. The number of hydrogen-bond acceptors (Lipinski definition) is 3. The van der Waals surface area contributed by atoms with Crippen molar-refractivity contribution < 1.29 is 14.6 Å². The lowest BCUT2D eigenvalue weighted by Crippen LogP contribution is -2.36. The number of ether oxygens (including phenoxy) is 1. The van der Waals surface area contributed by atoms with Crippen LogP contribution < -0.4 is 0 Å². The number of rotatable bonds is 6. The molecule has 0 saturated heterocycles. The van der Waals surface area contributed by atoms with Gasteiger partial charge in [0, 0.05) is 5.56 Å². The quantitative estimate of drug-likeness (QED) is 0.578. The lowest BCUT2D eigenvalue weighted by atomic mass is 9.73. The molecular weight excluding hydrogens is 276 g/mol. The molecule has 1 N–H and O–H groups in total. The van der Waals surface area contributed by atoms with E-state index in [0.717, 1.165) is 6.42 Å².